The number of nitrogens with zero attached hydrogens (tertiary/aromatic N) is 3. The Balaban J connectivity index is 1.99. The van der Waals surface area contributed by atoms with Gasteiger partial charge >= 0.3 is 12.6 Å². The minimum Gasteiger partial charge on any atom is -0.320 e. The lowest BCUT2D eigenvalue weighted by molar-refractivity contribution is 0.0652. The van der Waals surface area contributed by atoms with Gasteiger partial charge in [0, 0.05) is 30.2 Å². The Hall–Kier alpha value is -2.15. The SMILES string of the molecule is CN(Cc1nccn1C(F)F)C(=O)Nc1ccc(Cl)cc1. The maximum absolute atomic E-state index is 12.7. The standard InChI is InChI=1S/C13H13ClF2N4O/c1-19(8-11-17-6-7-20(11)12(15)16)13(21)18-10-4-2-9(14)3-5-10/h2-7,12H,8H2,1H3,(H,18,21). The summed E-state index contributed by atoms with van der Waals surface area (Å²) in [6.45, 7) is -2.72. The summed E-state index contributed by atoms with van der Waals surface area (Å²) >= 11 is 5.75. The van der Waals surface area contributed by atoms with Gasteiger partial charge in [0.2, 0.25) is 0 Å². The van der Waals surface area contributed by atoms with Gasteiger partial charge < -0.3 is 10.2 Å². The number of alkyl halides is 2. The zero-order valence-corrected chi connectivity index (χ0v) is 11.9. The Morgan fingerprint density at radius 1 is 1.43 bits per heavy atom. The fraction of sp³-hybridized carbons (Fsp3) is 0.231. The number of imidazole rings is 1. The number of benzene rings is 1. The second-order valence-corrected chi connectivity index (χ2v) is 4.76. The van der Waals surface area contributed by atoms with Crippen LogP contribution in [0.4, 0.5) is 19.3 Å². The lowest BCUT2D eigenvalue weighted by Crippen LogP contribution is -2.32. The molecule has 8 heteroatoms. The van der Waals surface area contributed by atoms with E-state index >= 15 is 0 Å². The highest BCUT2D eigenvalue weighted by Crippen LogP contribution is 2.15. The van der Waals surface area contributed by atoms with E-state index in [1.807, 2.05) is 0 Å². The summed E-state index contributed by atoms with van der Waals surface area (Å²) in [6.07, 6.45) is 2.44. The molecule has 1 aromatic heterocycles. The molecular weight excluding hydrogens is 302 g/mol. The van der Waals surface area contributed by atoms with Crippen molar-refractivity contribution >= 4 is 23.3 Å². The molecule has 5 nitrogen and oxygen atoms in total. The van der Waals surface area contributed by atoms with Gasteiger partial charge in [-0.15, -0.1) is 0 Å². The van der Waals surface area contributed by atoms with Gasteiger partial charge in [0.05, 0.1) is 6.54 Å². The number of aromatic nitrogens is 2. The van der Waals surface area contributed by atoms with Gasteiger partial charge in [-0.3, -0.25) is 4.57 Å². The van der Waals surface area contributed by atoms with E-state index in [2.05, 4.69) is 10.3 Å². The van der Waals surface area contributed by atoms with Crippen molar-refractivity contribution in [1.29, 1.82) is 0 Å². The summed E-state index contributed by atoms with van der Waals surface area (Å²) in [5.41, 5.74) is 0.563. The first-order chi connectivity index (χ1) is 9.97. The van der Waals surface area contributed by atoms with Crippen LogP contribution in [0.1, 0.15) is 12.4 Å². The Labute approximate surface area is 125 Å². The monoisotopic (exact) mass is 314 g/mol. The van der Waals surface area contributed by atoms with Crippen molar-refractivity contribution in [3.63, 3.8) is 0 Å². The summed E-state index contributed by atoms with van der Waals surface area (Å²) in [7, 11) is 1.50. The molecule has 0 aliphatic rings. The average Bonchev–Trinajstić information content (AvgIpc) is 2.89. The van der Waals surface area contributed by atoms with E-state index in [0.717, 1.165) is 0 Å². The van der Waals surface area contributed by atoms with Crippen molar-refractivity contribution in [3.8, 4) is 0 Å². The number of hydrogen-bond donors (Lipinski definition) is 1. The highest BCUT2D eigenvalue weighted by molar-refractivity contribution is 6.30. The van der Waals surface area contributed by atoms with Crippen LogP contribution in [-0.4, -0.2) is 27.5 Å². The molecule has 0 aliphatic heterocycles. The largest absolute Gasteiger partial charge is 0.321 e. The number of anilines is 1. The molecule has 1 aromatic carbocycles. The third-order valence-electron chi connectivity index (χ3n) is 2.78. The fourth-order valence-electron chi connectivity index (χ4n) is 1.68. The molecule has 0 saturated heterocycles. The zero-order valence-electron chi connectivity index (χ0n) is 11.1. The van der Waals surface area contributed by atoms with Crippen molar-refractivity contribution in [2.75, 3.05) is 12.4 Å². The van der Waals surface area contributed by atoms with Crippen LogP contribution in [-0.2, 0) is 6.54 Å². The van der Waals surface area contributed by atoms with Gasteiger partial charge in [-0.05, 0) is 24.3 Å². The summed E-state index contributed by atoms with van der Waals surface area (Å²) in [4.78, 5) is 17.0. The summed E-state index contributed by atoms with van der Waals surface area (Å²) in [5, 5.41) is 3.19. The summed E-state index contributed by atoms with van der Waals surface area (Å²) in [6, 6.07) is 6.14. The van der Waals surface area contributed by atoms with Gasteiger partial charge in [-0.25, -0.2) is 9.78 Å². The second kappa shape index (κ2) is 6.53. The molecule has 112 valence electrons. The van der Waals surface area contributed by atoms with Crippen LogP contribution in [0.5, 0.6) is 0 Å². The number of amides is 2. The zero-order chi connectivity index (χ0) is 15.4. The minimum absolute atomic E-state index is 0.0310. The van der Waals surface area contributed by atoms with Crippen molar-refractivity contribution in [1.82, 2.24) is 14.5 Å². The van der Waals surface area contributed by atoms with Crippen LogP contribution >= 0.6 is 11.6 Å². The van der Waals surface area contributed by atoms with Crippen LogP contribution in [0.25, 0.3) is 0 Å². The minimum atomic E-state index is -2.68. The number of hydrogen-bond acceptors (Lipinski definition) is 2. The number of urea groups is 1. The molecular formula is C13H13ClF2N4O. The topological polar surface area (TPSA) is 50.2 Å². The van der Waals surface area contributed by atoms with Crippen molar-refractivity contribution in [2.24, 2.45) is 0 Å². The van der Waals surface area contributed by atoms with Crippen LogP contribution in [0, 0.1) is 0 Å². The molecule has 2 aromatic rings. The Bertz CT molecular complexity index is 615. The van der Waals surface area contributed by atoms with E-state index in [1.165, 1.54) is 24.3 Å². The van der Waals surface area contributed by atoms with Gasteiger partial charge in [-0.1, -0.05) is 11.6 Å². The van der Waals surface area contributed by atoms with E-state index in [9.17, 15) is 13.6 Å². The van der Waals surface area contributed by atoms with Gasteiger partial charge in [0.15, 0.2) is 0 Å². The van der Waals surface area contributed by atoms with E-state index in [1.54, 1.807) is 24.3 Å². The maximum atomic E-state index is 12.7. The van der Waals surface area contributed by atoms with E-state index < -0.39 is 12.6 Å². The molecule has 2 rings (SSSR count). The predicted molar refractivity (Wildman–Crippen MR) is 75.4 cm³/mol. The second-order valence-electron chi connectivity index (χ2n) is 4.32. The van der Waals surface area contributed by atoms with Gasteiger partial charge in [-0.2, -0.15) is 8.78 Å². The molecule has 0 radical (unpaired) electrons. The van der Waals surface area contributed by atoms with Gasteiger partial charge in [0.25, 0.3) is 0 Å². The maximum Gasteiger partial charge on any atom is 0.321 e. The van der Waals surface area contributed by atoms with E-state index in [0.29, 0.717) is 15.3 Å². The van der Waals surface area contributed by atoms with Gasteiger partial charge in [0.1, 0.15) is 5.82 Å². The predicted octanol–water partition coefficient (Wildman–Crippen LogP) is 3.60. The van der Waals surface area contributed by atoms with E-state index in [4.69, 9.17) is 11.6 Å². The Kier molecular flexibility index (Phi) is 4.74. The first-order valence-electron chi connectivity index (χ1n) is 6.05. The molecule has 21 heavy (non-hydrogen) atoms. The molecule has 2 amide bonds. The Morgan fingerprint density at radius 3 is 2.71 bits per heavy atom. The smallest absolute Gasteiger partial charge is 0.320 e. The average molecular weight is 315 g/mol. The molecule has 0 saturated carbocycles. The number of halogens is 3. The molecule has 0 aliphatic carbocycles. The highest BCUT2D eigenvalue weighted by Gasteiger charge is 2.16. The number of carbonyl (C=O) groups is 1. The third kappa shape index (κ3) is 3.91. The highest BCUT2D eigenvalue weighted by atomic mass is 35.5. The first kappa shape index (κ1) is 15.2. The van der Waals surface area contributed by atoms with Crippen LogP contribution < -0.4 is 5.32 Å². The number of rotatable bonds is 4. The van der Waals surface area contributed by atoms with Crippen LogP contribution in [0.3, 0.4) is 0 Å². The molecule has 0 spiro atoms. The van der Waals surface area contributed by atoms with Crippen molar-refractivity contribution in [2.45, 2.75) is 13.1 Å². The summed E-state index contributed by atoms with van der Waals surface area (Å²) in [5.74, 6) is 0.110. The quantitative estimate of drug-likeness (QED) is 0.937. The molecule has 0 bridgehead atoms. The molecule has 1 heterocycles. The van der Waals surface area contributed by atoms with Crippen LogP contribution in [0.15, 0.2) is 36.7 Å². The molecule has 0 fully saturated rings. The molecule has 0 atom stereocenters. The lowest BCUT2D eigenvalue weighted by Gasteiger charge is -2.18. The first-order valence-corrected chi connectivity index (χ1v) is 6.42. The van der Waals surface area contributed by atoms with Crippen molar-refractivity contribution in [3.05, 3.63) is 47.5 Å². The normalized spacial score (nSPS) is 10.7. The fourth-order valence-corrected chi connectivity index (χ4v) is 1.81. The number of carbonyl (C=O) groups excluding carboxylic acids is 1. The molecule has 0 unspecified atom stereocenters. The van der Waals surface area contributed by atoms with Crippen LogP contribution in [0.2, 0.25) is 5.02 Å². The third-order valence-corrected chi connectivity index (χ3v) is 3.03. The lowest BCUT2D eigenvalue weighted by atomic mass is 10.3. The van der Waals surface area contributed by atoms with Crippen molar-refractivity contribution < 1.29 is 13.6 Å². The number of nitrogens with one attached hydrogen (secondary N) is 1. The summed E-state index contributed by atoms with van der Waals surface area (Å²) < 4.78 is 26.1. The molecule has 1 N–H and O–H groups in total. The Morgan fingerprint density at radius 2 is 2.10 bits per heavy atom. The van der Waals surface area contributed by atoms with E-state index in [-0.39, 0.29) is 12.4 Å².